The van der Waals surface area contributed by atoms with E-state index in [4.69, 9.17) is 4.42 Å². The molecular formula is C21H21N3O2. The minimum absolute atomic E-state index is 0.0836. The number of rotatable bonds is 5. The van der Waals surface area contributed by atoms with Gasteiger partial charge in [-0.05, 0) is 17.7 Å². The van der Waals surface area contributed by atoms with E-state index >= 15 is 0 Å². The lowest BCUT2D eigenvalue weighted by molar-refractivity contribution is -0.132. The van der Waals surface area contributed by atoms with Crippen molar-refractivity contribution in [3.05, 3.63) is 83.3 Å². The molecule has 0 bridgehead atoms. The first-order valence-electron chi connectivity index (χ1n) is 8.94. The quantitative estimate of drug-likeness (QED) is 0.706. The lowest BCUT2D eigenvalue weighted by atomic mass is 9.93. The number of carbonyl (C=O) groups excluding carboxylic acids is 1. The van der Waals surface area contributed by atoms with Crippen LogP contribution in [-0.4, -0.2) is 20.8 Å². The molecule has 3 heterocycles. The van der Waals surface area contributed by atoms with E-state index in [0.717, 1.165) is 34.8 Å². The van der Waals surface area contributed by atoms with Crippen molar-refractivity contribution in [2.24, 2.45) is 0 Å². The Kier molecular flexibility index (Phi) is 4.52. The lowest BCUT2D eigenvalue weighted by Crippen LogP contribution is -2.27. The molecule has 5 heteroatoms. The number of aryl methyl sites for hydroxylation is 1. The van der Waals surface area contributed by atoms with Crippen LogP contribution in [0.3, 0.4) is 0 Å². The molecule has 1 amide bonds. The van der Waals surface area contributed by atoms with Gasteiger partial charge in [-0.15, -0.1) is 0 Å². The summed E-state index contributed by atoms with van der Waals surface area (Å²) in [5, 5.41) is 0. The number of carbonyl (C=O) groups is 1. The van der Waals surface area contributed by atoms with Crippen molar-refractivity contribution in [2.75, 3.05) is 0 Å². The number of hydrogen-bond donors (Lipinski definition) is 0. The maximum Gasteiger partial charge on any atom is 0.224 e. The molecule has 4 rings (SSSR count). The highest BCUT2D eigenvalue weighted by atomic mass is 16.3. The van der Waals surface area contributed by atoms with Gasteiger partial charge in [-0.2, -0.15) is 0 Å². The first kappa shape index (κ1) is 16.5. The van der Waals surface area contributed by atoms with Crippen LogP contribution < -0.4 is 0 Å². The molecule has 26 heavy (non-hydrogen) atoms. The summed E-state index contributed by atoms with van der Waals surface area (Å²) in [5.74, 6) is 1.66. The van der Waals surface area contributed by atoms with Gasteiger partial charge in [0, 0.05) is 31.1 Å². The maximum atomic E-state index is 13.0. The standard InChI is InChI=1S/C21H21N3O2/c1-2-20-22-12-16-13-24(14-18(16)23-20)21(25)11-17(19-9-6-10-26-19)15-7-4-3-5-8-15/h3-10,12,17H,2,11,13-14H2,1H3/t17-/m0/s1. The van der Waals surface area contributed by atoms with Gasteiger partial charge >= 0.3 is 0 Å². The van der Waals surface area contributed by atoms with Gasteiger partial charge in [0.1, 0.15) is 11.6 Å². The monoisotopic (exact) mass is 347 g/mol. The smallest absolute Gasteiger partial charge is 0.224 e. The Hall–Kier alpha value is -2.95. The zero-order chi connectivity index (χ0) is 17.9. The third kappa shape index (κ3) is 3.25. The van der Waals surface area contributed by atoms with E-state index in [9.17, 15) is 4.79 Å². The summed E-state index contributed by atoms with van der Waals surface area (Å²) in [5.41, 5.74) is 3.10. The summed E-state index contributed by atoms with van der Waals surface area (Å²) in [6.45, 7) is 3.18. The SMILES string of the molecule is CCc1ncc2c(n1)CN(C(=O)C[C@@H](c1ccccc1)c1ccco1)C2. The summed E-state index contributed by atoms with van der Waals surface area (Å²) in [6.07, 6.45) is 4.69. The molecule has 0 unspecified atom stereocenters. The van der Waals surface area contributed by atoms with Crippen LogP contribution in [0.2, 0.25) is 0 Å². The zero-order valence-corrected chi connectivity index (χ0v) is 14.8. The molecule has 0 spiro atoms. The molecule has 1 aliphatic rings. The predicted octanol–water partition coefficient (Wildman–Crippen LogP) is 3.70. The number of nitrogens with zero attached hydrogens (tertiary/aromatic N) is 3. The van der Waals surface area contributed by atoms with E-state index in [1.165, 1.54) is 0 Å². The van der Waals surface area contributed by atoms with E-state index in [1.54, 1.807) is 6.26 Å². The second-order valence-electron chi connectivity index (χ2n) is 6.54. The Labute approximate surface area is 152 Å². The first-order chi connectivity index (χ1) is 12.7. The van der Waals surface area contributed by atoms with Crippen LogP contribution in [-0.2, 0) is 24.3 Å². The molecule has 1 aliphatic heterocycles. The van der Waals surface area contributed by atoms with Crippen molar-refractivity contribution >= 4 is 5.91 Å². The highest BCUT2D eigenvalue weighted by Crippen LogP contribution is 2.30. The fourth-order valence-electron chi connectivity index (χ4n) is 3.40. The van der Waals surface area contributed by atoms with Crippen LogP contribution in [0, 0.1) is 0 Å². The molecule has 1 atom stereocenters. The van der Waals surface area contributed by atoms with Crippen LogP contribution in [0.5, 0.6) is 0 Å². The van der Waals surface area contributed by atoms with Crippen molar-refractivity contribution in [2.45, 2.75) is 38.8 Å². The predicted molar refractivity (Wildman–Crippen MR) is 97.3 cm³/mol. The second kappa shape index (κ2) is 7.12. The molecule has 5 nitrogen and oxygen atoms in total. The molecule has 2 aromatic heterocycles. The van der Waals surface area contributed by atoms with E-state index in [-0.39, 0.29) is 11.8 Å². The number of benzene rings is 1. The normalized spacial score (nSPS) is 14.3. The van der Waals surface area contributed by atoms with E-state index in [0.29, 0.717) is 19.5 Å². The molecule has 0 fully saturated rings. The van der Waals surface area contributed by atoms with Gasteiger partial charge in [0.2, 0.25) is 5.91 Å². The Balaban J connectivity index is 1.53. The summed E-state index contributed by atoms with van der Waals surface area (Å²) < 4.78 is 5.61. The summed E-state index contributed by atoms with van der Waals surface area (Å²) in [6, 6.07) is 13.8. The van der Waals surface area contributed by atoms with Crippen LogP contribution >= 0.6 is 0 Å². The third-order valence-electron chi connectivity index (χ3n) is 4.84. The second-order valence-corrected chi connectivity index (χ2v) is 6.54. The zero-order valence-electron chi connectivity index (χ0n) is 14.8. The highest BCUT2D eigenvalue weighted by Gasteiger charge is 2.28. The average Bonchev–Trinajstić information content (AvgIpc) is 3.35. The number of furan rings is 1. The van der Waals surface area contributed by atoms with Crippen LogP contribution in [0.25, 0.3) is 0 Å². The molecule has 0 N–H and O–H groups in total. The van der Waals surface area contributed by atoms with Gasteiger partial charge in [-0.3, -0.25) is 4.79 Å². The van der Waals surface area contributed by atoms with Crippen LogP contribution in [0.1, 0.15) is 47.7 Å². The number of fused-ring (bicyclic) bond motifs is 1. The van der Waals surface area contributed by atoms with Crippen molar-refractivity contribution in [3.63, 3.8) is 0 Å². The van der Waals surface area contributed by atoms with Crippen LogP contribution in [0.4, 0.5) is 0 Å². The summed E-state index contributed by atoms with van der Waals surface area (Å²) >= 11 is 0. The van der Waals surface area contributed by atoms with Gasteiger partial charge in [0.25, 0.3) is 0 Å². The minimum atomic E-state index is -0.0836. The van der Waals surface area contributed by atoms with Crippen molar-refractivity contribution in [1.29, 1.82) is 0 Å². The highest BCUT2D eigenvalue weighted by molar-refractivity contribution is 5.78. The number of amides is 1. The van der Waals surface area contributed by atoms with Crippen molar-refractivity contribution in [1.82, 2.24) is 14.9 Å². The topological polar surface area (TPSA) is 59.2 Å². The number of aromatic nitrogens is 2. The Morgan fingerprint density at radius 1 is 1.19 bits per heavy atom. The first-order valence-corrected chi connectivity index (χ1v) is 8.94. The fourth-order valence-corrected chi connectivity index (χ4v) is 3.40. The molecule has 0 saturated heterocycles. The molecule has 132 valence electrons. The summed E-state index contributed by atoms with van der Waals surface area (Å²) in [7, 11) is 0. The van der Waals surface area contributed by atoms with E-state index in [1.807, 2.05) is 60.5 Å². The van der Waals surface area contributed by atoms with Gasteiger partial charge in [0.05, 0.1) is 24.4 Å². The lowest BCUT2D eigenvalue weighted by Gasteiger charge is -2.20. The van der Waals surface area contributed by atoms with Gasteiger partial charge in [0.15, 0.2) is 0 Å². The minimum Gasteiger partial charge on any atom is -0.469 e. The maximum absolute atomic E-state index is 13.0. The Morgan fingerprint density at radius 3 is 2.77 bits per heavy atom. The largest absolute Gasteiger partial charge is 0.469 e. The van der Waals surface area contributed by atoms with E-state index < -0.39 is 0 Å². The fraction of sp³-hybridized carbons (Fsp3) is 0.286. The summed E-state index contributed by atoms with van der Waals surface area (Å²) in [4.78, 5) is 23.8. The van der Waals surface area contributed by atoms with Gasteiger partial charge in [-0.1, -0.05) is 37.3 Å². The van der Waals surface area contributed by atoms with Gasteiger partial charge in [-0.25, -0.2) is 9.97 Å². The molecule has 0 aliphatic carbocycles. The van der Waals surface area contributed by atoms with Gasteiger partial charge < -0.3 is 9.32 Å². The van der Waals surface area contributed by atoms with Crippen molar-refractivity contribution in [3.8, 4) is 0 Å². The average molecular weight is 347 g/mol. The molecular weight excluding hydrogens is 326 g/mol. The molecule has 0 saturated carbocycles. The van der Waals surface area contributed by atoms with Crippen molar-refractivity contribution < 1.29 is 9.21 Å². The molecule has 1 aromatic carbocycles. The van der Waals surface area contributed by atoms with Crippen LogP contribution in [0.15, 0.2) is 59.3 Å². The molecule has 3 aromatic rings. The van der Waals surface area contributed by atoms with E-state index in [2.05, 4.69) is 9.97 Å². The Bertz CT molecular complexity index is 891. The Morgan fingerprint density at radius 2 is 2.04 bits per heavy atom. The number of hydrogen-bond acceptors (Lipinski definition) is 4. The third-order valence-corrected chi connectivity index (χ3v) is 4.84. The molecule has 0 radical (unpaired) electrons.